The number of hydrogen-bond donors (Lipinski definition) is 2. The first kappa shape index (κ1) is 11.7. The molecule has 0 aromatic carbocycles. The highest BCUT2D eigenvalue weighted by atomic mass is 16.4. The summed E-state index contributed by atoms with van der Waals surface area (Å²) in [6.07, 6.45) is 0. The van der Waals surface area contributed by atoms with Crippen molar-refractivity contribution in [2.45, 2.75) is 27.7 Å². The van der Waals surface area contributed by atoms with Crippen LogP contribution in [0.4, 0.5) is 0 Å². The van der Waals surface area contributed by atoms with E-state index in [1.54, 1.807) is 0 Å². The average Bonchev–Trinajstić information content (AvgIpc) is 2.01. The first-order valence-electron chi connectivity index (χ1n) is 3.86. The minimum Gasteiger partial charge on any atom is -0.481 e. The Balaban J connectivity index is 5.20. The fraction of sp³-hybridized carbons (Fsp3) is 0.556. The Hall–Kier alpha value is -1.32. The standard InChI is InChI=1S/C9H14O4/c1-5(7(10)11)6(2)9(3,4)8(12)13/h1-4H3,(H,10,11)(H,12,13)/b6-5+. The number of rotatable bonds is 3. The quantitative estimate of drug-likeness (QED) is 0.655. The van der Waals surface area contributed by atoms with Gasteiger partial charge in [0.1, 0.15) is 0 Å². The van der Waals surface area contributed by atoms with Crippen LogP contribution in [0.15, 0.2) is 11.1 Å². The number of carboxylic acids is 2. The molecule has 0 radical (unpaired) electrons. The SMILES string of the molecule is C/C(C(=O)O)=C(/C)C(C)(C)C(=O)O. The molecule has 74 valence electrons. The van der Waals surface area contributed by atoms with Crippen LogP contribution in [0.2, 0.25) is 0 Å². The zero-order valence-corrected chi connectivity index (χ0v) is 8.21. The Kier molecular flexibility index (Phi) is 3.23. The van der Waals surface area contributed by atoms with Crippen LogP contribution in [0.3, 0.4) is 0 Å². The maximum Gasteiger partial charge on any atom is 0.331 e. The summed E-state index contributed by atoms with van der Waals surface area (Å²) in [6, 6.07) is 0. The van der Waals surface area contributed by atoms with Gasteiger partial charge >= 0.3 is 11.9 Å². The zero-order chi connectivity index (χ0) is 10.8. The minimum atomic E-state index is -1.12. The molecule has 4 nitrogen and oxygen atoms in total. The molecule has 0 heterocycles. The van der Waals surface area contributed by atoms with E-state index in [1.807, 2.05) is 0 Å². The van der Waals surface area contributed by atoms with Gasteiger partial charge in [-0.25, -0.2) is 4.79 Å². The zero-order valence-electron chi connectivity index (χ0n) is 8.21. The van der Waals surface area contributed by atoms with Crippen LogP contribution in [0.5, 0.6) is 0 Å². The largest absolute Gasteiger partial charge is 0.481 e. The molecule has 0 rings (SSSR count). The van der Waals surface area contributed by atoms with Crippen molar-refractivity contribution in [3.05, 3.63) is 11.1 Å². The minimum absolute atomic E-state index is 0.0902. The van der Waals surface area contributed by atoms with Gasteiger partial charge < -0.3 is 10.2 Å². The number of hydrogen-bond acceptors (Lipinski definition) is 2. The predicted octanol–water partition coefficient (Wildman–Crippen LogP) is 1.52. The molecule has 0 spiro atoms. The second kappa shape index (κ2) is 3.60. The van der Waals surface area contributed by atoms with Crippen molar-refractivity contribution in [1.82, 2.24) is 0 Å². The lowest BCUT2D eigenvalue weighted by Crippen LogP contribution is -2.26. The summed E-state index contributed by atoms with van der Waals surface area (Å²) in [5, 5.41) is 17.5. The molecule has 13 heavy (non-hydrogen) atoms. The molecule has 2 N–H and O–H groups in total. The molecule has 0 unspecified atom stereocenters. The van der Waals surface area contributed by atoms with Crippen LogP contribution in [0, 0.1) is 5.41 Å². The molecule has 0 saturated carbocycles. The molecule has 0 bridgehead atoms. The Morgan fingerprint density at radius 2 is 1.46 bits per heavy atom. The van der Waals surface area contributed by atoms with E-state index in [1.165, 1.54) is 27.7 Å². The summed E-state index contributed by atoms with van der Waals surface area (Å²) in [7, 11) is 0. The number of carboxylic acid groups (broad SMARTS) is 2. The Bertz CT molecular complexity index is 273. The molecule has 0 aromatic rings. The lowest BCUT2D eigenvalue weighted by Gasteiger charge is -2.21. The first-order valence-corrected chi connectivity index (χ1v) is 3.86. The maximum absolute atomic E-state index is 10.8. The molecule has 4 heteroatoms. The lowest BCUT2D eigenvalue weighted by atomic mass is 9.83. The summed E-state index contributed by atoms with van der Waals surface area (Å²) in [6.45, 7) is 5.90. The summed E-state index contributed by atoms with van der Waals surface area (Å²) >= 11 is 0. The molecule has 0 fully saturated rings. The van der Waals surface area contributed by atoms with Crippen LogP contribution < -0.4 is 0 Å². The highest BCUT2D eigenvalue weighted by Gasteiger charge is 2.31. The third kappa shape index (κ3) is 2.31. The van der Waals surface area contributed by atoms with Crippen LogP contribution in [0.25, 0.3) is 0 Å². The lowest BCUT2D eigenvalue weighted by molar-refractivity contribution is -0.144. The maximum atomic E-state index is 10.8. The molecule has 0 atom stereocenters. The van der Waals surface area contributed by atoms with Gasteiger partial charge in [0.05, 0.1) is 5.41 Å². The van der Waals surface area contributed by atoms with Gasteiger partial charge in [-0.15, -0.1) is 0 Å². The molecule has 0 aliphatic carbocycles. The Morgan fingerprint density at radius 1 is 1.08 bits per heavy atom. The molecular weight excluding hydrogens is 172 g/mol. The van der Waals surface area contributed by atoms with E-state index in [9.17, 15) is 9.59 Å². The average molecular weight is 186 g/mol. The van der Waals surface area contributed by atoms with Crippen molar-refractivity contribution in [3.8, 4) is 0 Å². The van der Waals surface area contributed by atoms with E-state index in [2.05, 4.69) is 0 Å². The Labute approximate surface area is 76.9 Å². The molecule has 0 aromatic heterocycles. The predicted molar refractivity (Wildman–Crippen MR) is 47.4 cm³/mol. The fourth-order valence-electron chi connectivity index (χ4n) is 0.790. The smallest absolute Gasteiger partial charge is 0.331 e. The van der Waals surface area contributed by atoms with Crippen molar-refractivity contribution in [2.75, 3.05) is 0 Å². The molecule has 0 saturated heterocycles. The highest BCUT2D eigenvalue weighted by molar-refractivity contribution is 5.89. The van der Waals surface area contributed by atoms with Crippen molar-refractivity contribution in [1.29, 1.82) is 0 Å². The van der Waals surface area contributed by atoms with E-state index >= 15 is 0 Å². The van der Waals surface area contributed by atoms with Crippen LogP contribution in [0.1, 0.15) is 27.7 Å². The van der Waals surface area contributed by atoms with Crippen molar-refractivity contribution < 1.29 is 19.8 Å². The normalized spacial score (nSPS) is 13.5. The van der Waals surface area contributed by atoms with E-state index in [0.29, 0.717) is 5.57 Å². The van der Waals surface area contributed by atoms with Gasteiger partial charge in [-0.1, -0.05) is 0 Å². The fourth-order valence-corrected chi connectivity index (χ4v) is 0.790. The first-order chi connectivity index (χ1) is 5.71. The van der Waals surface area contributed by atoms with Gasteiger partial charge in [-0.3, -0.25) is 4.79 Å². The van der Waals surface area contributed by atoms with Gasteiger partial charge in [0.25, 0.3) is 0 Å². The molecular formula is C9H14O4. The molecule has 0 amide bonds. The van der Waals surface area contributed by atoms with E-state index in [4.69, 9.17) is 10.2 Å². The van der Waals surface area contributed by atoms with Crippen molar-refractivity contribution in [3.63, 3.8) is 0 Å². The van der Waals surface area contributed by atoms with E-state index in [0.717, 1.165) is 0 Å². The third-order valence-electron chi connectivity index (χ3n) is 2.36. The molecule has 0 aliphatic heterocycles. The number of carbonyl (C=O) groups is 2. The Morgan fingerprint density at radius 3 is 1.69 bits per heavy atom. The summed E-state index contributed by atoms with van der Waals surface area (Å²) in [5.74, 6) is -2.10. The second-order valence-electron chi connectivity index (χ2n) is 3.49. The second-order valence-corrected chi connectivity index (χ2v) is 3.49. The van der Waals surface area contributed by atoms with Gasteiger partial charge in [0.15, 0.2) is 0 Å². The monoisotopic (exact) mass is 186 g/mol. The third-order valence-corrected chi connectivity index (χ3v) is 2.36. The number of aliphatic carboxylic acids is 2. The highest BCUT2D eigenvalue weighted by Crippen LogP contribution is 2.28. The summed E-state index contributed by atoms with van der Waals surface area (Å²) in [5.41, 5.74) is -0.664. The van der Waals surface area contributed by atoms with Crippen LogP contribution in [-0.4, -0.2) is 22.2 Å². The van der Waals surface area contributed by atoms with Gasteiger partial charge in [0.2, 0.25) is 0 Å². The van der Waals surface area contributed by atoms with Crippen LogP contribution in [-0.2, 0) is 9.59 Å². The van der Waals surface area contributed by atoms with Crippen molar-refractivity contribution in [2.24, 2.45) is 5.41 Å². The van der Waals surface area contributed by atoms with E-state index < -0.39 is 17.4 Å². The van der Waals surface area contributed by atoms with Crippen LogP contribution >= 0.6 is 0 Å². The van der Waals surface area contributed by atoms with E-state index in [-0.39, 0.29) is 5.57 Å². The van der Waals surface area contributed by atoms with Gasteiger partial charge in [-0.2, -0.15) is 0 Å². The van der Waals surface area contributed by atoms with Gasteiger partial charge in [-0.05, 0) is 33.3 Å². The summed E-state index contributed by atoms with van der Waals surface area (Å²) < 4.78 is 0. The van der Waals surface area contributed by atoms with Gasteiger partial charge in [0, 0.05) is 5.57 Å². The molecule has 0 aliphatic rings. The van der Waals surface area contributed by atoms with Crippen molar-refractivity contribution >= 4 is 11.9 Å². The topological polar surface area (TPSA) is 74.6 Å². The summed E-state index contributed by atoms with van der Waals surface area (Å²) in [4.78, 5) is 21.3.